The molecule has 1 heterocycles. The Kier molecular flexibility index (Phi) is 5.38. The predicted octanol–water partition coefficient (Wildman–Crippen LogP) is 2.09. The molecule has 7 nitrogen and oxygen atoms in total. The van der Waals surface area contributed by atoms with Gasteiger partial charge in [-0.3, -0.25) is 10.1 Å². The molecule has 1 aromatic carbocycles. The van der Waals surface area contributed by atoms with E-state index in [0.29, 0.717) is 25.2 Å². The lowest BCUT2D eigenvalue weighted by Gasteiger charge is -2.37. The fourth-order valence-electron chi connectivity index (χ4n) is 2.80. The van der Waals surface area contributed by atoms with E-state index in [4.69, 9.17) is 0 Å². The molecule has 2 rings (SSSR count). The first-order valence-electron chi connectivity index (χ1n) is 7.70. The Morgan fingerprint density at radius 1 is 1.22 bits per heavy atom. The van der Waals surface area contributed by atoms with Gasteiger partial charge in [0.05, 0.1) is 9.82 Å². The number of nitrogens with zero attached hydrogens (tertiary/aromatic N) is 3. The van der Waals surface area contributed by atoms with Crippen LogP contribution >= 0.6 is 0 Å². The molecule has 0 aliphatic carbocycles. The number of hydrogen-bond donors (Lipinski definition) is 0. The Labute approximate surface area is 137 Å². The van der Waals surface area contributed by atoms with Crippen LogP contribution in [0.25, 0.3) is 0 Å². The van der Waals surface area contributed by atoms with Gasteiger partial charge in [0.2, 0.25) is 10.0 Å². The summed E-state index contributed by atoms with van der Waals surface area (Å²) in [5.74, 6) is 0. The quantitative estimate of drug-likeness (QED) is 0.605. The van der Waals surface area contributed by atoms with Gasteiger partial charge < -0.3 is 4.90 Å². The lowest BCUT2D eigenvalue weighted by molar-refractivity contribution is -0.384. The molecule has 0 spiro atoms. The van der Waals surface area contributed by atoms with Gasteiger partial charge in [-0.25, -0.2) is 8.42 Å². The molecular weight excluding hydrogens is 318 g/mol. The maximum Gasteiger partial charge on any atom is 0.269 e. The third-order valence-electron chi connectivity index (χ3n) is 4.50. The van der Waals surface area contributed by atoms with Gasteiger partial charge in [0.25, 0.3) is 5.69 Å². The van der Waals surface area contributed by atoms with Crippen LogP contribution in [0.4, 0.5) is 5.69 Å². The van der Waals surface area contributed by atoms with Crippen molar-refractivity contribution in [3.63, 3.8) is 0 Å². The first kappa shape index (κ1) is 17.8. The number of hydrogen-bond acceptors (Lipinski definition) is 5. The van der Waals surface area contributed by atoms with Crippen LogP contribution in [0.15, 0.2) is 29.2 Å². The molecule has 0 atom stereocenters. The molecule has 0 aromatic heterocycles. The summed E-state index contributed by atoms with van der Waals surface area (Å²) >= 11 is 0. The Bertz CT molecular complexity index is 650. The summed E-state index contributed by atoms with van der Waals surface area (Å²) in [4.78, 5) is 12.5. The van der Waals surface area contributed by atoms with Crippen LogP contribution in [0.5, 0.6) is 0 Å². The van der Waals surface area contributed by atoms with Gasteiger partial charge in [-0.05, 0) is 45.9 Å². The van der Waals surface area contributed by atoms with E-state index in [1.54, 1.807) is 0 Å². The molecule has 0 N–H and O–H groups in total. The minimum Gasteiger partial charge on any atom is -0.301 e. The maximum atomic E-state index is 12.6. The summed E-state index contributed by atoms with van der Waals surface area (Å²) in [6.07, 6.45) is 1.59. The van der Waals surface area contributed by atoms with E-state index >= 15 is 0 Å². The standard InChI is InChI=1S/C15H23N3O4S/c1-12(2)16(3)13-8-10-17(11-9-13)23(21,22)15-6-4-14(5-7-15)18(19)20/h4-7,12-13H,8-11H2,1-3H3. The van der Waals surface area contributed by atoms with Crippen molar-refractivity contribution in [3.8, 4) is 0 Å². The van der Waals surface area contributed by atoms with E-state index in [-0.39, 0.29) is 10.6 Å². The van der Waals surface area contributed by atoms with E-state index in [0.717, 1.165) is 12.8 Å². The van der Waals surface area contributed by atoms with Gasteiger partial charge >= 0.3 is 0 Å². The number of nitro groups is 1. The fraction of sp³-hybridized carbons (Fsp3) is 0.600. The summed E-state index contributed by atoms with van der Waals surface area (Å²) in [5, 5.41) is 10.7. The van der Waals surface area contributed by atoms with Crippen molar-refractivity contribution in [2.75, 3.05) is 20.1 Å². The lowest BCUT2D eigenvalue weighted by Crippen LogP contribution is -2.47. The van der Waals surface area contributed by atoms with Gasteiger partial charge in [-0.15, -0.1) is 0 Å². The smallest absolute Gasteiger partial charge is 0.269 e. The largest absolute Gasteiger partial charge is 0.301 e. The second kappa shape index (κ2) is 6.94. The van der Waals surface area contributed by atoms with Crippen LogP contribution in [0, 0.1) is 10.1 Å². The predicted molar refractivity (Wildman–Crippen MR) is 87.8 cm³/mol. The number of benzene rings is 1. The molecule has 1 fully saturated rings. The van der Waals surface area contributed by atoms with Crippen LogP contribution in [0.3, 0.4) is 0 Å². The molecule has 0 radical (unpaired) electrons. The summed E-state index contributed by atoms with van der Waals surface area (Å²) in [6, 6.07) is 5.88. The molecule has 0 saturated carbocycles. The minimum absolute atomic E-state index is 0.110. The van der Waals surface area contributed by atoms with E-state index in [1.807, 2.05) is 0 Å². The fourth-order valence-corrected chi connectivity index (χ4v) is 4.27. The van der Waals surface area contributed by atoms with Crippen molar-refractivity contribution in [1.82, 2.24) is 9.21 Å². The molecule has 0 amide bonds. The number of rotatable bonds is 5. The first-order chi connectivity index (χ1) is 10.7. The Hall–Kier alpha value is -1.51. The van der Waals surface area contributed by atoms with Gasteiger partial charge in [0.1, 0.15) is 0 Å². The Morgan fingerprint density at radius 2 is 1.74 bits per heavy atom. The first-order valence-corrected chi connectivity index (χ1v) is 9.14. The zero-order valence-electron chi connectivity index (χ0n) is 13.7. The summed E-state index contributed by atoms with van der Waals surface area (Å²) in [6.45, 7) is 5.20. The average Bonchev–Trinajstić information content (AvgIpc) is 2.54. The Morgan fingerprint density at radius 3 is 2.17 bits per heavy atom. The molecule has 0 bridgehead atoms. The highest BCUT2D eigenvalue weighted by molar-refractivity contribution is 7.89. The van der Waals surface area contributed by atoms with Gasteiger partial charge in [0, 0.05) is 37.3 Å². The van der Waals surface area contributed by atoms with Crippen molar-refractivity contribution in [3.05, 3.63) is 34.4 Å². The summed E-state index contributed by atoms with van der Waals surface area (Å²) in [5.41, 5.74) is -0.110. The highest BCUT2D eigenvalue weighted by Crippen LogP contribution is 2.24. The normalized spacial score (nSPS) is 17.8. The molecule has 128 valence electrons. The highest BCUT2D eigenvalue weighted by atomic mass is 32.2. The van der Waals surface area contributed by atoms with Crippen LogP contribution in [-0.2, 0) is 10.0 Å². The van der Waals surface area contributed by atoms with Crippen molar-refractivity contribution >= 4 is 15.7 Å². The molecule has 1 aromatic rings. The van der Waals surface area contributed by atoms with E-state index < -0.39 is 14.9 Å². The number of piperidine rings is 1. The van der Waals surface area contributed by atoms with Gasteiger partial charge in [-0.2, -0.15) is 4.31 Å². The van der Waals surface area contributed by atoms with Crippen molar-refractivity contribution in [2.45, 2.75) is 43.7 Å². The molecule has 8 heteroatoms. The molecule has 0 unspecified atom stereocenters. The monoisotopic (exact) mass is 341 g/mol. The molecule has 23 heavy (non-hydrogen) atoms. The second-order valence-electron chi connectivity index (χ2n) is 6.15. The summed E-state index contributed by atoms with van der Waals surface area (Å²) in [7, 11) is -1.52. The highest BCUT2D eigenvalue weighted by Gasteiger charge is 2.31. The van der Waals surface area contributed by atoms with Crippen LogP contribution in [-0.4, -0.2) is 54.8 Å². The van der Waals surface area contributed by atoms with E-state index in [9.17, 15) is 18.5 Å². The number of sulfonamides is 1. The zero-order valence-corrected chi connectivity index (χ0v) is 14.5. The molecule has 1 aliphatic heterocycles. The van der Waals surface area contributed by atoms with E-state index in [1.165, 1.54) is 28.6 Å². The Balaban J connectivity index is 2.08. The number of non-ortho nitro benzene ring substituents is 1. The minimum atomic E-state index is -3.58. The maximum absolute atomic E-state index is 12.6. The van der Waals surface area contributed by atoms with Crippen molar-refractivity contribution in [1.29, 1.82) is 0 Å². The lowest BCUT2D eigenvalue weighted by atomic mass is 10.0. The van der Waals surface area contributed by atoms with E-state index in [2.05, 4.69) is 25.8 Å². The molecule has 1 saturated heterocycles. The third-order valence-corrected chi connectivity index (χ3v) is 6.41. The second-order valence-corrected chi connectivity index (χ2v) is 8.08. The zero-order chi connectivity index (χ0) is 17.2. The summed E-state index contributed by atoms with van der Waals surface area (Å²) < 4.78 is 26.7. The van der Waals surface area contributed by atoms with Crippen LogP contribution < -0.4 is 0 Å². The van der Waals surface area contributed by atoms with Crippen molar-refractivity contribution in [2.24, 2.45) is 0 Å². The van der Waals surface area contributed by atoms with Crippen molar-refractivity contribution < 1.29 is 13.3 Å². The third kappa shape index (κ3) is 3.88. The molecular formula is C15H23N3O4S. The van der Waals surface area contributed by atoms with Gasteiger partial charge in [-0.1, -0.05) is 0 Å². The average molecular weight is 341 g/mol. The number of nitro benzene ring substituents is 1. The van der Waals surface area contributed by atoms with Crippen LogP contribution in [0.1, 0.15) is 26.7 Å². The SMILES string of the molecule is CC(C)N(C)C1CCN(S(=O)(=O)c2ccc([N+](=O)[O-])cc2)CC1. The topological polar surface area (TPSA) is 83.8 Å². The molecule has 1 aliphatic rings. The van der Waals surface area contributed by atoms with Crippen LogP contribution in [0.2, 0.25) is 0 Å². The van der Waals surface area contributed by atoms with Gasteiger partial charge in [0.15, 0.2) is 0 Å².